The van der Waals surface area contributed by atoms with E-state index >= 15 is 0 Å². The smallest absolute Gasteiger partial charge is 0.269 e. The summed E-state index contributed by atoms with van der Waals surface area (Å²) in [7, 11) is 1.92. The summed E-state index contributed by atoms with van der Waals surface area (Å²) in [4.78, 5) is 19.9. The van der Waals surface area contributed by atoms with Crippen molar-refractivity contribution >= 4 is 17.5 Å². The van der Waals surface area contributed by atoms with Crippen molar-refractivity contribution < 1.29 is 4.79 Å². The number of imidazole rings is 1. The van der Waals surface area contributed by atoms with Crippen LogP contribution in [-0.4, -0.2) is 27.0 Å². The number of hydrogen-bond acceptors (Lipinski definition) is 3. The summed E-state index contributed by atoms with van der Waals surface area (Å²) < 4.78 is 1.92. The maximum absolute atomic E-state index is 11.8. The average molecular weight is 265 g/mol. The van der Waals surface area contributed by atoms with Gasteiger partial charge in [0.15, 0.2) is 0 Å². The first-order chi connectivity index (χ1) is 8.66. The Hall–Kier alpha value is -1.88. The Labute approximate surface area is 110 Å². The zero-order valence-electron chi connectivity index (χ0n) is 9.93. The van der Waals surface area contributed by atoms with Crippen LogP contribution in [0.5, 0.6) is 0 Å². The van der Waals surface area contributed by atoms with Gasteiger partial charge in [-0.1, -0.05) is 11.6 Å². The number of carbonyl (C=O) groups is 1. The van der Waals surface area contributed by atoms with E-state index in [2.05, 4.69) is 15.3 Å². The van der Waals surface area contributed by atoms with Crippen molar-refractivity contribution in [2.75, 3.05) is 6.54 Å². The van der Waals surface area contributed by atoms with Crippen LogP contribution in [0.3, 0.4) is 0 Å². The van der Waals surface area contributed by atoms with E-state index in [1.54, 1.807) is 12.3 Å². The molecule has 0 unspecified atom stereocenters. The van der Waals surface area contributed by atoms with E-state index in [1.165, 1.54) is 12.3 Å². The largest absolute Gasteiger partial charge is 0.350 e. The van der Waals surface area contributed by atoms with E-state index in [9.17, 15) is 4.79 Å². The highest BCUT2D eigenvalue weighted by Crippen LogP contribution is 2.07. The number of aromatic nitrogens is 3. The molecule has 1 N–H and O–H groups in total. The fraction of sp³-hybridized carbons (Fsp3) is 0.250. The van der Waals surface area contributed by atoms with Gasteiger partial charge in [0, 0.05) is 43.6 Å². The molecule has 0 aliphatic carbocycles. The van der Waals surface area contributed by atoms with Gasteiger partial charge in [-0.3, -0.25) is 9.78 Å². The van der Waals surface area contributed by atoms with Crippen molar-refractivity contribution in [3.8, 4) is 0 Å². The molecule has 6 heteroatoms. The average Bonchev–Trinajstić information content (AvgIpc) is 2.75. The van der Waals surface area contributed by atoms with Gasteiger partial charge in [0.05, 0.1) is 0 Å². The number of pyridine rings is 1. The molecule has 2 aromatic heterocycles. The highest BCUT2D eigenvalue weighted by Gasteiger charge is 2.07. The normalized spacial score (nSPS) is 10.3. The number of aryl methyl sites for hydroxylation is 1. The van der Waals surface area contributed by atoms with Crippen LogP contribution in [0.15, 0.2) is 30.7 Å². The number of nitrogens with zero attached hydrogens (tertiary/aromatic N) is 3. The first-order valence-electron chi connectivity index (χ1n) is 5.53. The number of hydrogen-bond donors (Lipinski definition) is 1. The van der Waals surface area contributed by atoms with E-state index < -0.39 is 0 Å². The first-order valence-corrected chi connectivity index (χ1v) is 5.90. The molecule has 0 atom stereocenters. The van der Waals surface area contributed by atoms with Crippen LogP contribution < -0.4 is 5.32 Å². The van der Waals surface area contributed by atoms with Crippen LogP contribution in [0.2, 0.25) is 5.02 Å². The van der Waals surface area contributed by atoms with Crippen LogP contribution in [-0.2, 0) is 13.5 Å². The van der Waals surface area contributed by atoms with Gasteiger partial charge in [-0.25, -0.2) is 4.98 Å². The molecule has 18 heavy (non-hydrogen) atoms. The molecular formula is C12H13ClN4O. The summed E-state index contributed by atoms with van der Waals surface area (Å²) in [6, 6.07) is 3.17. The Bertz CT molecular complexity index is 553. The molecule has 0 aliphatic rings. The molecule has 0 radical (unpaired) electrons. The lowest BCUT2D eigenvalue weighted by atomic mass is 10.3. The van der Waals surface area contributed by atoms with Crippen molar-refractivity contribution in [3.63, 3.8) is 0 Å². The van der Waals surface area contributed by atoms with E-state index in [0.29, 0.717) is 23.7 Å². The van der Waals surface area contributed by atoms with Crippen LogP contribution in [0.1, 0.15) is 16.3 Å². The van der Waals surface area contributed by atoms with E-state index in [-0.39, 0.29) is 5.91 Å². The van der Waals surface area contributed by atoms with Crippen LogP contribution in [0.4, 0.5) is 0 Å². The Morgan fingerprint density at radius 2 is 2.28 bits per heavy atom. The molecule has 0 spiro atoms. The maximum Gasteiger partial charge on any atom is 0.269 e. The lowest BCUT2D eigenvalue weighted by Gasteiger charge is -2.05. The Morgan fingerprint density at radius 3 is 2.94 bits per heavy atom. The summed E-state index contributed by atoms with van der Waals surface area (Å²) in [5.74, 6) is 0.695. The number of carbonyl (C=O) groups excluding carboxylic acids is 1. The Balaban J connectivity index is 1.87. The molecule has 0 saturated heterocycles. The van der Waals surface area contributed by atoms with Crippen LogP contribution >= 0.6 is 11.6 Å². The standard InChI is InChI=1S/C12H13ClN4O/c1-17-7-6-15-11(17)3-5-16-12(18)10-8-9(13)2-4-14-10/h2,4,6-8H,3,5H2,1H3,(H,16,18). The summed E-state index contributed by atoms with van der Waals surface area (Å²) >= 11 is 5.79. The fourth-order valence-corrected chi connectivity index (χ4v) is 1.70. The molecule has 0 aromatic carbocycles. The second-order valence-electron chi connectivity index (χ2n) is 3.82. The van der Waals surface area contributed by atoms with Gasteiger partial charge < -0.3 is 9.88 Å². The van der Waals surface area contributed by atoms with Gasteiger partial charge in [-0.2, -0.15) is 0 Å². The van der Waals surface area contributed by atoms with Gasteiger partial charge in [-0.05, 0) is 12.1 Å². The number of amides is 1. The topological polar surface area (TPSA) is 59.8 Å². The number of halogens is 1. The van der Waals surface area contributed by atoms with E-state index in [1.807, 2.05) is 17.8 Å². The highest BCUT2D eigenvalue weighted by atomic mass is 35.5. The molecule has 0 aliphatic heterocycles. The minimum Gasteiger partial charge on any atom is -0.350 e. The zero-order valence-corrected chi connectivity index (χ0v) is 10.7. The van der Waals surface area contributed by atoms with E-state index in [4.69, 9.17) is 11.6 Å². The molecule has 1 amide bonds. The minimum atomic E-state index is -0.230. The highest BCUT2D eigenvalue weighted by molar-refractivity contribution is 6.30. The lowest BCUT2D eigenvalue weighted by Crippen LogP contribution is -2.27. The quantitative estimate of drug-likeness (QED) is 0.909. The summed E-state index contributed by atoms with van der Waals surface area (Å²) in [5.41, 5.74) is 0.322. The predicted molar refractivity (Wildman–Crippen MR) is 68.5 cm³/mol. The third-order valence-electron chi connectivity index (χ3n) is 2.51. The second-order valence-corrected chi connectivity index (χ2v) is 4.26. The molecular weight excluding hydrogens is 252 g/mol. The van der Waals surface area contributed by atoms with Crippen LogP contribution in [0, 0.1) is 0 Å². The number of nitrogens with one attached hydrogen (secondary N) is 1. The SMILES string of the molecule is Cn1ccnc1CCNC(=O)c1cc(Cl)ccn1. The third kappa shape index (κ3) is 3.07. The van der Waals surface area contributed by atoms with Gasteiger partial charge in [0.1, 0.15) is 11.5 Å². The van der Waals surface area contributed by atoms with Crippen molar-refractivity contribution in [1.29, 1.82) is 0 Å². The number of rotatable bonds is 4. The second kappa shape index (κ2) is 5.64. The first kappa shape index (κ1) is 12.6. The van der Waals surface area contributed by atoms with Gasteiger partial charge in [0.2, 0.25) is 0 Å². The molecule has 2 aromatic rings. The molecule has 5 nitrogen and oxygen atoms in total. The van der Waals surface area contributed by atoms with E-state index in [0.717, 1.165) is 5.82 Å². The monoisotopic (exact) mass is 264 g/mol. The van der Waals surface area contributed by atoms with Crippen molar-refractivity contribution in [3.05, 3.63) is 47.3 Å². The molecule has 0 fully saturated rings. The molecule has 2 heterocycles. The fourth-order valence-electron chi connectivity index (χ4n) is 1.54. The minimum absolute atomic E-state index is 0.230. The zero-order chi connectivity index (χ0) is 13.0. The van der Waals surface area contributed by atoms with Crippen molar-refractivity contribution in [2.45, 2.75) is 6.42 Å². The van der Waals surface area contributed by atoms with Crippen molar-refractivity contribution in [1.82, 2.24) is 19.9 Å². The molecule has 0 saturated carbocycles. The summed E-state index contributed by atoms with van der Waals surface area (Å²) in [6.45, 7) is 0.512. The molecule has 94 valence electrons. The molecule has 0 bridgehead atoms. The third-order valence-corrected chi connectivity index (χ3v) is 2.74. The Morgan fingerprint density at radius 1 is 1.44 bits per heavy atom. The van der Waals surface area contributed by atoms with Crippen molar-refractivity contribution in [2.24, 2.45) is 7.05 Å². The van der Waals surface area contributed by atoms with Gasteiger partial charge >= 0.3 is 0 Å². The summed E-state index contributed by atoms with van der Waals surface area (Å²) in [6.07, 6.45) is 5.79. The van der Waals surface area contributed by atoms with Gasteiger partial charge in [0.25, 0.3) is 5.91 Å². The maximum atomic E-state index is 11.8. The predicted octanol–water partition coefficient (Wildman–Crippen LogP) is 1.44. The van der Waals surface area contributed by atoms with Crippen LogP contribution in [0.25, 0.3) is 0 Å². The lowest BCUT2D eigenvalue weighted by molar-refractivity contribution is 0.0949. The van der Waals surface area contributed by atoms with Gasteiger partial charge in [-0.15, -0.1) is 0 Å². The molecule has 2 rings (SSSR count). The Kier molecular flexibility index (Phi) is 3.94. The summed E-state index contributed by atoms with van der Waals surface area (Å²) in [5, 5.41) is 3.28.